The summed E-state index contributed by atoms with van der Waals surface area (Å²) in [5.41, 5.74) is 1.55. The van der Waals surface area contributed by atoms with Gasteiger partial charge in [-0.05, 0) is 57.0 Å². The van der Waals surface area contributed by atoms with Crippen molar-refractivity contribution in [3.63, 3.8) is 0 Å². The van der Waals surface area contributed by atoms with Crippen molar-refractivity contribution in [2.45, 2.75) is 37.8 Å². The fraction of sp³-hybridized carbons (Fsp3) is 0.458. The number of carbonyl (C=O) groups excluding carboxylic acids is 1. The van der Waals surface area contributed by atoms with Crippen LogP contribution in [0.4, 0.5) is 0 Å². The van der Waals surface area contributed by atoms with Crippen molar-refractivity contribution in [2.24, 2.45) is 0 Å². The van der Waals surface area contributed by atoms with E-state index in [4.69, 9.17) is 4.74 Å². The largest absolute Gasteiger partial charge is 0.496 e. The first-order valence-electron chi connectivity index (χ1n) is 10.5. The van der Waals surface area contributed by atoms with E-state index < -0.39 is 5.60 Å². The molecule has 0 aliphatic carbocycles. The van der Waals surface area contributed by atoms with Gasteiger partial charge in [-0.1, -0.05) is 36.4 Å². The molecule has 2 aromatic rings. The molecular formula is C24H30N2O3. The fourth-order valence-electron chi connectivity index (χ4n) is 4.88. The predicted molar refractivity (Wildman–Crippen MR) is 113 cm³/mol. The standard InChI is InChI=1S/C24H30N2O3/c1-18-20(11-8-12-21(18)29-2)23(27)26-16-13-24(28,19-9-4-3-5-10-19)22(17-26)25-14-6-7-15-25/h3-5,8-12,22,28H,6-7,13-17H2,1-2H3/t22-,24+/m1/s1. The molecule has 0 saturated carbocycles. The summed E-state index contributed by atoms with van der Waals surface area (Å²) in [6.07, 6.45) is 2.82. The molecule has 5 nitrogen and oxygen atoms in total. The van der Waals surface area contributed by atoms with Crippen LogP contribution in [0.2, 0.25) is 0 Å². The van der Waals surface area contributed by atoms with Gasteiger partial charge in [-0.25, -0.2) is 0 Å². The number of hydrogen-bond donors (Lipinski definition) is 1. The highest BCUT2D eigenvalue weighted by Crippen LogP contribution is 2.38. The van der Waals surface area contributed by atoms with Gasteiger partial charge in [0.2, 0.25) is 0 Å². The Hall–Kier alpha value is -2.37. The molecule has 0 unspecified atom stereocenters. The zero-order chi connectivity index (χ0) is 20.4. The second kappa shape index (κ2) is 8.17. The molecule has 5 heteroatoms. The lowest BCUT2D eigenvalue weighted by Crippen LogP contribution is -2.61. The Labute approximate surface area is 172 Å². The van der Waals surface area contributed by atoms with E-state index in [1.165, 1.54) is 0 Å². The molecule has 154 valence electrons. The second-order valence-electron chi connectivity index (χ2n) is 8.18. The molecule has 0 bridgehead atoms. The molecule has 29 heavy (non-hydrogen) atoms. The van der Waals surface area contributed by atoms with E-state index in [1.54, 1.807) is 7.11 Å². The fourth-order valence-corrected chi connectivity index (χ4v) is 4.88. The highest BCUT2D eigenvalue weighted by molar-refractivity contribution is 5.96. The predicted octanol–water partition coefficient (Wildman–Crippen LogP) is 3.20. The molecule has 2 aliphatic rings. The van der Waals surface area contributed by atoms with Crippen LogP contribution in [0.15, 0.2) is 48.5 Å². The first-order valence-corrected chi connectivity index (χ1v) is 10.5. The van der Waals surface area contributed by atoms with Crippen LogP contribution in [0.25, 0.3) is 0 Å². The normalized spacial score (nSPS) is 25.2. The lowest BCUT2D eigenvalue weighted by Gasteiger charge is -2.48. The molecular weight excluding hydrogens is 364 g/mol. The molecule has 1 amide bonds. The summed E-state index contributed by atoms with van der Waals surface area (Å²) in [5, 5.41) is 11.8. The highest BCUT2D eigenvalue weighted by atomic mass is 16.5. The summed E-state index contributed by atoms with van der Waals surface area (Å²) in [4.78, 5) is 17.6. The van der Waals surface area contributed by atoms with Crippen LogP contribution in [-0.4, -0.2) is 60.1 Å². The molecule has 2 saturated heterocycles. The molecule has 2 atom stereocenters. The number of piperidine rings is 1. The van der Waals surface area contributed by atoms with Crippen molar-refractivity contribution in [1.29, 1.82) is 0 Å². The topological polar surface area (TPSA) is 53.0 Å². The van der Waals surface area contributed by atoms with Crippen molar-refractivity contribution >= 4 is 5.91 Å². The zero-order valence-electron chi connectivity index (χ0n) is 17.3. The van der Waals surface area contributed by atoms with E-state index in [0.29, 0.717) is 25.1 Å². The molecule has 4 rings (SSSR count). The summed E-state index contributed by atoms with van der Waals surface area (Å²) >= 11 is 0. The summed E-state index contributed by atoms with van der Waals surface area (Å²) in [5.74, 6) is 0.741. The lowest BCUT2D eigenvalue weighted by molar-refractivity contribution is -0.0878. The van der Waals surface area contributed by atoms with Gasteiger partial charge in [-0.2, -0.15) is 0 Å². The smallest absolute Gasteiger partial charge is 0.254 e. The third-order valence-corrected chi connectivity index (χ3v) is 6.58. The van der Waals surface area contributed by atoms with Crippen LogP contribution in [0.1, 0.15) is 40.7 Å². The van der Waals surface area contributed by atoms with Crippen LogP contribution in [0, 0.1) is 6.92 Å². The maximum Gasteiger partial charge on any atom is 0.254 e. The number of carbonyl (C=O) groups is 1. The van der Waals surface area contributed by atoms with E-state index in [0.717, 1.165) is 42.8 Å². The van der Waals surface area contributed by atoms with Gasteiger partial charge >= 0.3 is 0 Å². The molecule has 0 radical (unpaired) electrons. The Balaban J connectivity index is 1.63. The minimum atomic E-state index is -0.939. The lowest BCUT2D eigenvalue weighted by atomic mass is 9.79. The van der Waals surface area contributed by atoms with Crippen molar-refractivity contribution in [3.8, 4) is 5.75 Å². The number of benzene rings is 2. The van der Waals surface area contributed by atoms with Gasteiger partial charge in [0.1, 0.15) is 11.4 Å². The number of likely N-dealkylation sites (tertiary alicyclic amines) is 2. The SMILES string of the molecule is COc1cccc(C(=O)N2CC[C@](O)(c3ccccc3)[C@H](N3CCCC3)C2)c1C. The van der Waals surface area contributed by atoms with Crippen LogP contribution in [0.5, 0.6) is 5.75 Å². The number of hydrogen-bond acceptors (Lipinski definition) is 4. The Morgan fingerprint density at radius 2 is 1.79 bits per heavy atom. The Bertz CT molecular complexity index is 864. The third kappa shape index (κ3) is 3.65. The summed E-state index contributed by atoms with van der Waals surface area (Å²) in [6.45, 7) is 4.93. The van der Waals surface area contributed by atoms with Crippen LogP contribution < -0.4 is 4.74 Å². The van der Waals surface area contributed by atoms with E-state index >= 15 is 0 Å². The van der Waals surface area contributed by atoms with Crippen LogP contribution in [-0.2, 0) is 5.60 Å². The van der Waals surface area contributed by atoms with Crippen LogP contribution >= 0.6 is 0 Å². The van der Waals surface area contributed by atoms with Gasteiger partial charge < -0.3 is 14.7 Å². The van der Waals surface area contributed by atoms with E-state index in [-0.39, 0.29) is 11.9 Å². The molecule has 2 fully saturated rings. The van der Waals surface area contributed by atoms with Gasteiger partial charge in [-0.3, -0.25) is 9.69 Å². The van der Waals surface area contributed by atoms with E-state index in [2.05, 4.69) is 4.90 Å². The number of aliphatic hydroxyl groups is 1. The Kier molecular flexibility index (Phi) is 5.61. The van der Waals surface area contributed by atoms with Crippen LogP contribution in [0.3, 0.4) is 0 Å². The van der Waals surface area contributed by atoms with Crippen molar-refractivity contribution in [1.82, 2.24) is 9.80 Å². The van der Waals surface area contributed by atoms with Gasteiger partial charge in [0.25, 0.3) is 5.91 Å². The van der Waals surface area contributed by atoms with Crippen molar-refractivity contribution < 1.29 is 14.6 Å². The first kappa shape index (κ1) is 19.9. The number of methoxy groups -OCH3 is 1. The number of amides is 1. The molecule has 0 aromatic heterocycles. The minimum absolute atomic E-state index is 0.0145. The summed E-state index contributed by atoms with van der Waals surface area (Å²) in [6, 6.07) is 15.4. The summed E-state index contributed by atoms with van der Waals surface area (Å²) in [7, 11) is 1.63. The monoisotopic (exact) mass is 394 g/mol. The van der Waals surface area contributed by atoms with E-state index in [9.17, 15) is 9.90 Å². The molecule has 2 aromatic carbocycles. The number of rotatable bonds is 4. The average molecular weight is 395 g/mol. The van der Waals surface area contributed by atoms with Gasteiger partial charge in [0, 0.05) is 24.2 Å². The summed E-state index contributed by atoms with van der Waals surface area (Å²) < 4.78 is 5.40. The Morgan fingerprint density at radius 3 is 2.48 bits per heavy atom. The number of ether oxygens (including phenoxy) is 1. The molecule has 2 aliphatic heterocycles. The van der Waals surface area contributed by atoms with Gasteiger partial charge in [0.05, 0.1) is 13.2 Å². The molecule has 1 N–H and O–H groups in total. The molecule has 2 heterocycles. The quantitative estimate of drug-likeness (QED) is 0.865. The van der Waals surface area contributed by atoms with E-state index in [1.807, 2.05) is 60.4 Å². The van der Waals surface area contributed by atoms with Gasteiger partial charge in [-0.15, -0.1) is 0 Å². The average Bonchev–Trinajstić information content (AvgIpc) is 3.29. The highest BCUT2D eigenvalue weighted by Gasteiger charge is 2.47. The Morgan fingerprint density at radius 1 is 1.07 bits per heavy atom. The second-order valence-corrected chi connectivity index (χ2v) is 8.18. The van der Waals surface area contributed by atoms with Crippen molar-refractivity contribution in [2.75, 3.05) is 33.3 Å². The third-order valence-electron chi connectivity index (χ3n) is 6.58. The first-order chi connectivity index (χ1) is 14.0. The minimum Gasteiger partial charge on any atom is -0.496 e. The zero-order valence-corrected chi connectivity index (χ0v) is 17.3. The maximum atomic E-state index is 13.4. The number of nitrogens with zero attached hydrogens (tertiary/aromatic N) is 2. The maximum absolute atomic E-state index is 13.4. The van der Waals surface area contributed by atoms with Gasteiger partial charge in [0.15, 0.2) is 0 Å². The van der Waals surface area contributed by atoms with Crippen molar-refractivity contribution in [3.05, 3.63) is 65.2 Å². The molecule has 0 spiro atoms.